The summed E-state index contributed by atoms with van der Waals surface area (Å²) in [5.74, 6) is 0. The molecule has 0 aliphatic rings. The molecule has 0 unspecified atom stereocenters. The van der Waals surface area contributed by atoms with Crippen LogP contribution in [-0.2, 0) is 0 Å². The number of benzene rings is 7. The minimum Gasteiger partial charge on any atom is -0.309 e. The highest BCUT2D eigenvalue weighted by atomic mass is 15.0. The molecule has 0 saturated heterocycles. The van der Waals surface area contributed by atoms with Gasteiger partial charge in [0.25, 0.3) is 0 Å². The maximum absolute atomic E-state index is 3.97. The zero-order valence-corrected chi connectivity index (χ0v) is 28.5. The third kappa shape index (κ3) is 5.12. The van der Waals surface area contributed by atoms with Crippen molar-refractivity contribution >= 4 is 38.8 Å². The predicted octanol–water partition coefficient (Wildman–Crippen LogP) is 13.2. The SMILES string of the molecule is C=C/C=C\c1c(C)c2cc(-c3ccc4c5ccccc5n(-c5ccccc5-c5ccccc5)c4c3)ccc2n1-c1ccccc1-c1ccccc1. The first-order valence-corrected chi connectivity index (χ1v) is 17.5. The zero-order chi connectivity index (χ0) is 34.3. The monoisotopic (exact) mass is 652 g/mol. The Labute approximate surface area is 298 Å². The number of hydrogen-bond donors (Lipinski definition) is 0. The Bertz CT molecular complexity index is 2760. The van der Waals surface area contributed by atoms with E-state index in [0.29, 0.717) is 0 Å². The van der Waals surface area contributed by atoms with Gasteiger partial charge in [0.2, 0.25) is 0 Å². The van der Waals surface area contributed by atoms with E-state index >= 15 is 0 Å². The summed E-state index contributed by atoms with van der Waals surface area (Å²) >= 11 is 0. The number of para-hydroxylation sites is 3. The summed E-state index contributed by atoms with van der Waals surface area (Å²) in [5, 5.41) is 3.73. The summed E-state index contributed by atoms with van der Waals surface area (Å²) in [6.45, 7) is 6.21. The van der Waals surface area contributed by atoms with Crippen molar-refractivity contribution in [2.45, 2.75) is 6.92 Å². The van der Waals surface area contributed by atoms with E-state index in [-0.39, 0.29) is 0 Å². The Kier molecular flexibility index (Phi) is 7.56. The number of nitrogens with zero attached hydrogens (tertiary/aromatic N) is 2. The van der Waals surface area contributed by atoms with E-state index in [0.717, 1.165) is 11.4 Å². The van der Waals surface area contributed by atoms with Gasteiger partial charge in [-0.15, -0.1) is 0 Å². The van der Waals surface area contributed by atoms with Gasteiger partial charge in [-0.3, -0.25) is 0 Å². The molecule has 2 aromatic heterocycles. The fraction of sp³-hybridized carbons (Fsp3) is 0.0204. The number of aryl methyl sites for hydroxylation is 1. The Morgan fingerprint density at radius 1 is 0.431 bits per heavy atom. The van der Waals surface area contributed by atoms with Gasteiger partial charge in [-0.25, -0.2) is 0 Å². The van der Waals surface area contributed by atoms with Gasteiger partial charge in [0.15, 0.2) is 0 Å². The number of hydrogen-bond acceptors (Lipinski definition) is 0. The Balaban J connectivity index is 1.25. The highest BCUT2D eigenvalue weighted by Crippen LogP contribution is 2.40. The average Bonchev–Trinajstić information content (AvgIpc) is 3.68. The molecule has 242 valence electrons. The molecule has 2 heteroatoms. The van der Waals surface area contributed by atoms with E-state index in [1.807, 2.05) is 12.2 Å². The molecule has 0 radical (unpaired) electrons. The van der Waals surface area contributed by atoms with Crippen molar-refractivity contribution in [1.82, 2.24) is 9.13 Å². The van der Waals surface area contributed by atoms with E-state index in [2.05, 4.69) is 199 Å². The van der Waals surface area contributed by atoms with Crippen molar-refractivity contribution in [2.24, 2.45) is 0 Å². The lowest BCUT2D eigenvalue weighted by Gasteiger charge is -2.15. The van der Waals surface area contributed by atoms with Crippen molar-refractivity contribution in [3.8, 4) is 44.8 Å². The molecule has 0 fully saturated rings. The van der Waals surface area contributed by atoms with Gasteiger partial charge in [-0.2, -0.15) is 0 Å². The smallest absolute Gasteiger partial charge is 0.0547 e. The Morgan fingerprint density at radius 3 is 1.65 bits per heavy atom. The van der Waals surface area contributed by atoms with Crippen LogP contribution in [0.25, 0.3) is 83.5 Å². The summed E-state index contributed by atoms with van der Waals surface area (Å²) in [4.78, 5) is 0. The molecule has 7 aromatic carbocycles. The largest absolute Gasteiger partial charge is 0.309 e. The first-order chi connectivity index (χ1) is 25.2. The molecule has 51 heavy (non-hydrogen) atoms. The highest BCUT2D eigenvalue weighted by Gasteiger charge is 2.19. The lowest BCUT2D eigenvalue weighted by Crippen LogP contribution is -1.99. The van der Waals surface area contributed by atoms with Crippen LogP contribution in [0.15, 0.2) is 189 Å². The topological polar surface area (TPSA) is 9.86 Å². The average molecular weight is 653 g/mol. The summed E-state index contributed by atoms with van der Waals surface area (Å²) in [6.07, 6.45) is 6.06. The zero-order valence-electron chi connectivity index (χ0n) is 28.5. The van der Waals surface area contributed by atoms with Gasteiger partial charge in [0, 0.05) is 33.0 Å². The second-order valence-electron chi connectivity index (χ2n) is 13.0. The van der Waals surface area contributed by atoms with E-state index < -0.39 is 0 Å². The fourth-order valence-electron chi connectivity index (χ4n) is 7.74. The van der Waals surface area contributed by atoms with Crippen molar-refractivity contribution < 1.29 is 0 Å². The lowest BCUT2D eigenvalue weighted by atomic mass is 10.0. The molecule has 0 atom stereocenters. The second kappa shape index (κ2) is 12.7. The van der Waals surface area contributed by atoms with Crippen LogP contribution in [0.3, 0.4) is 0 Å². The van der Waals surface area contributed by atoms with Crippen LogP contribution < -0.4 is 0 Å². The number of aromatic nitrogens is 2. The van der Waals surface area contributed by atoms with Crippen LogP contribution in [0.4, 0.5) is 0 Å². The standard InChI is InChI=1S/C49H36N2/c1-3-4-24-44-34(2)43-32-37(29-31-48(43)50(44)45-25-14-11-21-39(45)35-17-7-5-8-18-35)38-28-30-42-41-23-13-16-27-47(41)51(49(42)33-38)46-26-15-12-22-40(46)36-19-9-6-10-20-36/h3-33H,1H2,2H3/b24-4-. The summed E-state index contributed by atoms with van der Waals surface area (Å²) in [6, 6.07) is 61.4. The van der Waals surface area contributed by atoms with Gasteiger partial charge >= 0.3 is 0 Å². The van der Waals surface area contributed by atoms with E-state index in [9.17, 15) is 0 Å². The summed E-state index contributed by atoms with van der Waals surface area (Å²) in [7, 11) is 0. The van der Waals surface area contributed by atoms with Crippen molar-refractivity contribution in [3.05, 3.63) is 200 Å². The maximum Gasteiger partial charge on any atom is 0.0547 e. The van der Waals surface area contributed by atoms with Crippen molar-refractivity contribution in [2.75, 3.05) is 0 Å². The van der Waals surface area contributed by atoms with Gasteiger partial charge in [0.1, 0.15) is 0 Å². The van der Waals surface area contributed by atoms with Crippen LogP contribution in [0.1, 0.15) is 11.3 Å². The molecular formula is C49H36N2. The molecular weight excluding hydrogens is 617 g/mol. The molecule has 0 N–H and O–H groups in total. The molecule has 9 rings (SSSR count). The molecule has 0 saturated carbocycles. The number of rotatable bonds is 7. The van der Waals surface area contributed by atoms with Gasteiger partial charge in [0.05, 0.1) is 27.9 Å². The maximum atomic E-state index is 3.97. The Hall–Kier alpha value is -6.64. The van der Waals surface area contributed by atoms with E-state index in [1.165, 1.54) is 77.3 Å². The quantitative estimate of drug-likeness (QED) is 0.152. The molecule has 2 heterocycles. The van der Waals surface area contributed by atoms with Gasteiger partial charge in [-0.05, 0) is 77.2 Å². The van der Waals surface area contributed by atoms with Crippen LogP contribution in [0.2, 0.25) is 0 Å². The number of fused-ring (bicyclic) bond motifs is 4. The molecule has 0 aliphatic heterocycles. The minimum absolute atomic E-state index is 1.15. The molecule has 0 amide bonds. The molecule has 0 bridgehead atoms. The van der Waals surface area contributed by atoms with E-state index in [1.54, 1.807) is 0 Å². The normalized spacial score (nSPS) is 11.6. The van der Waals surface area contributed by atoms with Crippen LogP contribution in [-0.4, -0.2) is 9.13 Å². The number of allylic oxidation sites excluding steroid dienone is 2. The highest BCUT2D eigenvalue weighted by molar-refractivity contribution is 6.11. The predicted molar refractivity (Wildman–Crippen MR) is 218 cm³/mol. The minimum atomic E-state index is 1.15. The first kappa shape index (κ1) is 30.4. The van der Waals surface area contributed by atoms with Crippen LogP contribution in [0, 0.1) is 6.92 Å². The van der Waals surface area contributed by atoms with Crippen LogP contribution in [0.5, 0.6) is 0 Å². The molecule has 0 spiro atoms. The van der Waals surface area contributed by atoms with Crippen molar-refractivity contribution in [3.63, 3.8) is 0 Å². The summed E-state index contributed by atoms with van der Waals surface area (Å²) in [5.41, 5.74) is 15.5. The van der Waals surface area contributed by atoms with E-state index in [4.69, 9.17) is 0 Å². The van der Waals surface area contributed by atoms with Gasteiger partial charge in [-0.1, -0.05) is 152 Å². The third-order valence-electron chi connectivity index (χ3n) is 10.1. The Morgan fingerprint density at radius 2 is 0.961 bits per heavy atom. The molecule has 2 nitrogen and oxygen atoms in total. The first-order valence-electron chi connectivity index (χ1n) is 17.5. The van der Waals surface area contributed by atoms with Gasteiger partial charge < -0.3 is 9.13 Å². The second-order valence-corrected chi connectivity index (χ2v) is 13.0. The van der Waals surface area contributed by atoms with Crippen molar-refractivity contribution in [1.29, 1.82) is 0 Å². The molecule has 0 aliphatic carbocycles. The summed E-state index contributed by atoms with van der Waals surface area (Å²) < 4.78 is 4.84. The third-order valence-corrected chi connectivity index (χ3v) is 10.1. The van der Waals surface area contributed by atoms with Crippen LogP contribution >= 0.6 is 0 Å². The fourth-order valence-corrected chi connectivity index (χ4v) is 7.74. The molecule has 9 aromatic rings. The lowest BCUT2D eigenvalue weighted by molar-refractivity contribution is 1.10.